The van der Waals surface area contributed by atoms with E-state index in [4.69, 9.17) is 5.73 Å². The number of carbonyl (C=O) groups excluding carboxylic acids is 2. The SMILES string of the molecule is CCCN.CN1CCN(C(=O)CNC(=O)c2ccc(F)cc2)CC1.Fc1ccc(C2CC2)cc1. The lowest BCUT2D eigenvalue weighted by Gasteiger charge is -2.32. The second-order valence-electron chi connectivity index (χ2n) is 8.49. The molecule has 4 rings (SSSR count). The fourth-order valence-electron chi connectivity index (χ4n) is 3.18. The molecule has 2 aliphatic rings. The highest BCUT2D eigenvalue weighted by atomic mass is 19.1. The Morgan fingerprint density at radius 3 is 1.91 bits per heavy atom. The van der Waals surface area contributed by atoms with Gasteiger partial charge in [-0.2, -0.15) is 0 Å². The topological polar surface area (TPSA) is 78.7 Å². The molecular weight excluding hydrogens is 438 g/mol. The fourth-order valence-corrected chi connectivity index (χ4v) is 3.18. The monoisotopic (exact) mass is 474 g/mol. The largest absolute Gasteiger partial charge is 0.343 e. The summed E-state index contributed by atoms with van der Waals surface area (Å²) in [5.41, 5.74) is 6.67. The van der Waals surface area contributed by atoms with Gasteiger partial charge in [0.2, 0.25) is 5.91 Å². The molecule has 0 bridgehead atoms. The number of halogens is 2. The van der Waals surface area contributed by atoms with E-state index >= 15 is 0 Å². The molecule has 3 N–H and O–H groups in total. The molecule has 6 nitrogen and oxygen atoms in total. The molecule has 0 radical (unpaired) electrons. The molecule has 1 aliphatic carbocycles. The number of nitrogens with two attached hydrogens (primary N) is 1. The summed E-state index contributed by atoms with van der Waals surface area (Å²) < 4.78 is 25.1. The Kier molecular flexibility index (Phi) is 11.6. The number of benzene rings is 2. The quantitative estimate of drug-likeness (QED) is 0.696. The Bertz CT molecular complexity index is 877. The molecule has 34 heavy (non-hydrogen) atoms. The average Bonchev–Trinajstić information content (AvgIpc) is 3.70. The van der Waals surface area contributed by atoms with Crippen LogP contribution in [0.3, 0.4) is 0 Å². The van der Waals surface area contributed by atoms with Crippen LogP contribution in [0.25, 0.3) is 0 Å². The fraction of sp³-hybridized carbons (Fsp3) is 0.462. The molecule has 0 unspecified atom stereocenters. The second-order valence-corrected chi connectivity index (χ2v) is 8.49. The number of nitrogens with zero attached hydrogens (tertiary/aromatic N) is 2. The van der Waals surface area contributed by atoms with Gasteiger partial charge in [-0.1, -0.05) is 19.1 Å². The molecule has 1 saturated heterocycles. The standard InChI is InChI=1S/C14H18FN3O2.C9H9F.C3H9N/c1-17-6-8-18(9-7-17)13(19)10-16-14(20)11-2-4-12(15)5-3-11;10-9-5-3-8(4-6-9)7-1-2-7;1-2-3-4/h2-5H,6-10H2,1H3,(H,16,20);3-7H,1-2H2;2-4H2,1H3. The van der Waals surface area contributed by atoms with E-state index in [9.17, 15) is 18.4 Å². The zero-order valence-electron chi connectivity index (χ0n) is 20.1. The number of hydrogen-bond acceptors (Lipinski definition) is 4. The number of hydrogen-bond donors (Lipinski definition) is 2. The highest BCUT2D eigenvalue weighted by Crippen LogP contribution is 2.39. The number of likely N-dealkylation sites (N-methyl/N-ethyl adjacent to an activating group) is 1. The third-order valence-corrected chi connectivity index (χ3v) is 5.57. The first-order valence-corrected chi connectivity index (χ1v) is 11.8. The summed E-state index contributed by atoms with van der Waals surface area (Å²) in [5.74, 6) is -0.249. The van der Waals surface area contributed by atoms with Gasteiger partial charge in [-0.3, -0.25) is 9.59 Å². The van der Waals surface area contributed by atoms with Crippen molar-refractivity contribution in [1.29, 1.82) is 0 Å². The summed E-state index contributed by atoms with van der Waals surface area (Å²) in [4.78, 5) is 27.6. The minimum atomic E-state index is -0.393. The molecule has 1 aliphatic heterocycles. The van der Waals surface area contributed by atoms with Gasteiger partial charge >= 0.3 is 0 Å². The van der Waals surface area contributed by atoms with Crippen molar-refractivity contribution in [3.8, 4) is 0 Å². The van der Waals surface area contributed by atoms with Crippen LogP contribution in [0, 0.1) is 11.6 Å². The Balaban J connectivity index is 0.000000240. The molecular formula is C26H36F2N4O2. The number of rotatable bonds is 5. The molecule has 2 aromatic carbocycles. The lowest BCUT2D eigenvalue weighted by molar-refractivity contribution is -0.131. The van der Waals surface area contributed by atoms with E-state index in [0.717, 1.165) is 32.0 Å². The molecule has 0 spiro atoms. The summed E-state index contributed by atoms with van der Waals surface area (Å²) >= 11 is 0. The van der Waals surface area contributed by atoms with Crippen LogP contribution in [0.4, 0.5) is 8.78 Å². The minimum absolute atomic E-state index is 0.0279. The molecule has 0 atom stereocenters. The number of carbonyl (C=O) groups is 2. The van der Waals surface area contributed by atoms with Crippen molar-refractivity contribution in [2.75, 3.05) is 46.3 Å². The van der Waals surface area contributed by atoms with Crippen molar-refractivity contribution in [1.82, 2.24) is 15.1 Å². The van der Waals surface area contributed by atoms with E-state index in [1.807, 2.05) is 19.2 Å². The first-order chi connectivity index (χ1) is 16.3. The maximum Gasteiger partial charge on any atom is 0.251 e. The van der Waals surface area contributed by atoms with Crippen molar-refractivity contribution in [2.24, 2.45) is 5.73 Å². The lowest BCUT2D eigenvalue weighted by Crippen LogP contribution is -2.50. The predicted molar refractivity (Wildman–Crippen MR) is 131 cm³/mol. The molecule has 2 amide bonds. The van der Waals surface area contributed by atoms with Crippen molar-refractivity contribution in [3.05, 3.63) is 71.3 Å². The Morgan fingerprint density at radius 2 is 1.44 bits per heavy atom. The van der Waals surface area contributed by atoms with Crippen LogP contribution in [-0.4, -0.2) is 67.9 Å². The van der Waals surface area contributed by atoms with Gasteiger partial charge in [0.1, 0.15) is 11.6 Å². The van der Waals surface area contributed by atoms with Crippen molar-refractivity contribution in [3.63, 3.8) is 0 Å². The smallest absolute Gasteiger partial charge is 0.251 e. The van der Waals surface area contributed by atoms with E-state index in [0.29, 0.717) is 18.7 Å². The predicted octanol–water partition coefficient (Wildman–Crippen LogP) is 3.39. The lowest BCUT2D eigenvalue weighted by atomic mass is 10.1. The van der Waals surface area contributed by atoms with Gasteiger partial charge in [0.25, 0.3) is 5.91 Å². The molecule has 0 aromatic heterocycles. The molecule has 2 fully saturated rings. The van der Waals surface area contributed by atoms with Crippen LogP contribution < -0.4 is 11.1 Å². The molecule has 1 heterocycles. The van der Waals surface area contributed by atoms with Crippen molar-refractivity contribution < 1.29 is 18.4 Å². The van der Waals surface area contributed by atoms with Crippen LogP contribution in [0.1, 0.15) is 48.0 Å². The van der Waals surface area contributed by atoms with Crippen molar-refractivity contribution >= 4 is 11.8 Å². The first kappa shape index (κ1) is 27.4. The second kappa shape index (κ2) is 14.4. The Morgan fingerprint density at radius 1 is 0.941 bits per heavy atom. The van der Waals surface area contributed by atoms with Gasteiger partial charge in [0.05, 0.1) is 6.54 Å². The molecule has 186 valence electrons. The van der Waals surface area contributed by atoms with Gasteiger partial charge in [-0.25, -0.2) is 8.78 Å². The Hall–Kier alpha value is -2.84. The van der Waals surface area contributed by atoms with Gasteiger partial charge in [0, 0.05) is 31.7 Å². The average molecular weight is 475 g/mol. The van der Waals surface area contributed by atoms with Crippen molar-refractivity contribution in [2.45, 2.75) is 32.1 Å². The van der Waals surface area contributed by atoms with Crippen LogP contribution in [0.5, 0.6) is 0 Å². The summed E-state index contributed by atoms with van der Waals surface area (Å²) in [6.45, 7) is 5.90. The van der Waals surface area contributed by atoms with Crippen LogP contribution in [0.15, 0.2) is 48.5 Å². The summed E-state index contributed by atoms with van der Waals surface area (Å²) in [6.07, 6.45) is 3.66. The number of piperazine rings is 1. The van der Waals surface area contributed by atoms with Gasteiger partial charge in [-0.05, 0) is 80.7 Å². The van der Waals surface area contributed by atoms with E-state index in [1.165, 1.54) is 54.8 Å². The zero-order chi connectivity index (χ0) is 24.9. The normalized spacial score (nSPS) is 15.4. The third-order valence-electron chi connectivity index (χ3n) is 5.57. The van der Waals surface area contributed by atoms with Crippen LogP contribution in [-0.2, 0) is 4.79 Å². The maximum atomic E-state index is 12.7. The van der Waals surface area contributed by atoms with Gasteiger partial charge in [-0.15, -0.1) is 0 Å². The van der Waals surface area contributed by atoms with E-state index < -0.39 is 5.82 Å². The van der Waals surface area contributed by atoms with Crippen LogP contribution >= 0.6 is 0 Å². The molecule has 8 heteroatoms. The van der Waals surface area contributed by atoms with Crippen LogP contribution in [0.2, 0.25) is 0 Å². The molecule has 1 saturated carbocycles. The highest BCUT2D eigenvalue weighted by Gasteiger charge is 2.22. The number of nitrogens with one attached hydrogen (secondary N) is 1. The van der Waals surface area contributed by atoms with E-state index in [-0.39, 0.29) is 24.2 Å². The summed E-state index contributed by atoms with van der Waals surface area (Å²) in [5, 5.41) is 2.56. The van der Waals surface area contributed by atoms with Gasteiger partial charge in [0.15, 0.2) is 0 Å². The zero-order valence-corrected chi connectivity index (χ0v) is 20.1. The van der Waals surface area contributed by atoms with E-state index in [1.54, 1.807) is 4.90 Å². The minimum Gasteiger partial charge on any atom is -0.343 e. The number of amides is 2. The summed E-state index contributed by atoms with van der Waals surface area (Å²) in [6, 6.07) is 12.1. The summed E-state index contributed by atoms with van der Waals surface area (Å²) in [7, 11) is 2.01. The highest BCUT2D eigenvalue weighted by molar-refractivity contribution is 5.96. The molecule has 2 aromatic rings. The Labute approximate surface area is 201 Å². The van der Waals surface area contributed by atoms with Gasteiger partial charge < -0.3 is 20.9 Å². The first-order valence-electron chi connectivity index (χ1n) is 11.8. The van der Waals surface area contributed by atoms with E-state index in [2.05, 4.69) is 17.1 Å². The maximum absolute atomic E-state index is 12.7. The third kappa shape index (κ3) is 9.97.